The molecule has 1 aromatic rings. The van der Waals surface area contributed by atoms with Gasteiger partial charge in [-0.1, -0.05) is 27.5 Å². The largest absolute Gasteiger partial charge is 0.293 e. The summed E-state index contributed by atoms with van der Waals surface area (Å²) in [6, 6.07) is 3.93. The number of carbonyl (C=O) groups excluding carboxylic acids is 1. The zero-order chi connectivity index (χ0) is 11.6. The molecule has 3 nitrogen and oxygen atoms in total. The Bertz CT molecular complexity index is 499. The first kappa shape index (κ1) is 13.0. The van der Waals surface area contributed by atoms with E-state index in [0.29, 0.717) is 0 Å². The summed E-state index contributed by atoms with van der Waals surface area (Å²) in [6.07, 6.45) is 0. The Kier molecular flexibility index (Phi) is 4.17. The molecule has 1 aromatic carbocycles. The third-order valence-electron chi connectivity index (χ3n) is 1.64. The molecule has 0 aliphatic heterocycles. The normalized spacial score (nSPS) is 11.4. The van der Waals surface area contributed by atoms with Crippen LogP contribution < -0.4 is 0 Å². The van der Waals surface area contributed by atoms with Gasteiger partial charge in [-0.25, -0.2) is 8.42 Å². The summed E-state index contributed by atoms with van der Waals surface area (Å²) in [4.78, 5) is 11.0. The van der Waals surface area contributed by atoms with Crippen LogP contribution in [0.2, 0.25) is 5.02 Å². The molecule has 0 bridgehead atoms. The molecule has 0 unspecified atom stereocenters. The van der Waals surface area contributed by atoms with Gasteiger partial charge < -0.3 is 0 Å². The molecular weight excluding hydrogens is 327 g/mol. The lowest BCUT2D eigenvalue weighted by Gasteiger charge is -2.02. The maximum Gasteiger partial charge on any atom is 0.262 e. The number of hydrogen-bond donors (Lipinski definition) is 0. The highest BCUT2D eigenvalue weighted by Gasteiger charge is 2.17. The number of halogens is 3. The van der Waals surface area contributed by atoms with Crippen LogP contribution in [-0.2, 0) is 9.05 Å². The quantitative estimate of drug-likeness (QED) is 0.486. The van der Waals surface area contributed by atoms with Gasteiger partial charge in [-0.3, -0.25) is 4.79 Å². The highest BCUT2D eigenvalue weighted by molar-refractivity contribution is 9.09. The third kappa shape index (κ3) is 3.17. The van der Waals surface area contributed by atoms with Crippen molar-refractivity contribution in [2.24, 2.45) is 0 Å². The molecule has 0 saturated carbocycles. The zero-order valence-electron chi connectivity index (χ0n) is 7.21. The van der Waals surface area contributed by atoms with Crippen LogP contribution in [0.1, 0.15) is 10.4 Å². The van der Waals surface area contributed by atoms with Crippen molar-refractivity contribution in [3.8, 4) is 0 Å². The van der Waals surface area contributed by atoms with Gasteiger partial charge in [0, 0.05) is 16.2 Å². The predicted octanol–water partition coefficient (Wildman–Crippen LogP) is 2.85. The van der Waals surface area contributed by atoms with Gasteiger partial charge in [-0.15, -0.1) is 0 Å². The SMILES string of the molecule is O=C(CBr)c1ccc(Cl)c(S(=O)(=O)Cl)c1. The first-order chi connectivity index (χ1) is 6.86. The van der Waals surface area contributed by atoms with Crippen molar-refractivity contribution in [2.75, 3.05) is 5.33 Å². The van der Waals surface area contributed by atoms with Gasteiger partial charge in [0.2, 0.25) is 0 Å². The van der Waals surface area contributed by atoms with Crippen LogP contribution in [-0.4, -0.2) is 19.5 Å². The summed E-state index contributed by atoms with van der Waals surface area (Å²) >= 11 is 8.62. The first-order valence-electron chi connectivity index (χ1n) is 3.69. The highest BCUT2D eigenvalue weighted by atomic mass is 79.9. The molecule has 7 heteroatoms. The lowest BCUT2D eigenvalue weighted by atomic mass is 10.1. The van der Waals surface area contributed by atoms with E-state index in [1.165, 1.54) is 12.1 Å². The number of alkyl halides is 1. The molecule has 0 aromatic heterocycles. The summed E-state index contributed by atoms with van der Waals surface area (Å²) < 4.78 is 22.1. The van der Waals surface area contributed by atoms with Crippen LogP contribution in [0.3, 0.4) is 0 Å². The Morgan fingerprint density at radius 2 is 2.00 bits per heavy atom. The van der Waals surface area contributed by atoms with E-state index in [2.05, 4.69) is 15.9 Å². The van der Waals surface area contributed by atoms with E-state index in [1.54, 1.807) is 0 Å². The van der Waals surface area contributed by atoms with Crippen molar-refractivity contribution in [3.63, 3.8) is 0 Å². The summed E-state index contributed by atoms with van der Waals surface area (Å²) in [5.41, 5.74) is 0.246. The summed E-state index contributed by atoms with van der Waals surface area (Å²) in [6.45, 7) is 0. The molecule has 0 aliphatic carbocycles. The predicted molar refractivity (Wildman–Crippen MR) is 62.6 cm³/mol. The second-order valence-corrected chi connectivity index (χ2v) is 6.14. The fraction of sp³-hybridized carbons (Fsp3) is 0.125. The lowest BCUT2D eigenvalue weighted by molar-refractivity contribution is 0.102. The van der Waals surface area contributed by atoms with E-state index >= 15 is 0 Å². The van der Waals surface area contributed by atoms with Gasteiger partial charge in [0.25, 0.3) is 9.05 Å². The Morgan fingerprint density at radius 3 is 2.47 bits per heavy atom. The molecular formula is C8H5BrCl2O3S. The number of hydrogen-bond acceptors (Lipinski definition) is 3. The van der Waals surface area contributed by atoms with E-state index in [4.69, 9.17) is 22.3 Å². The Balaban J connectivity index is 3.36. The lowest BCUT2D eigenvalue weighted by Crippen LogP contribution is -2.02. The molecule has 0 N–H and O–H groups in total. The van der Waals surface area contributed by atoms with Gasteiger partial charge in [0.1, 0.15) is 4.90 Å². The molecule has 0 amide bonds. The molecule has 0 spiro atoms. The molecule has 0 radical (unpaired) electrons. The Labute approximate surface area is 105 Å². The van der Waals surface area contributed by atoms with E-state index in [1.807, 2.05) is 0 Å². The van der Waals surface area contributed by atoms with Crippen molar-refractivity contribution in [1.29, 1.82) is 0 Å². The average molecular weight is 332 g/mol. The van der Waals surface area contributed by atoms with Crippen molar-refractivity contribution in [1.82, 2.24) is 0 Å². The second-order valence-electron chi connectivity index (χ2n) is 2.64. The smallest absolute Gasteiger partial charge is 0.262 e. The summed E-state index contributed by atoms with van der Waals surface area (Å²) in [5.74, 6) is -0.242. The van der Waals surface area contributed by atoms with E-state index < -0.39 is 9.05 Å². The highest BCUT2D eigenvalue weighted by Crippen LogP contribution is 2.25. The first-order valence-corrected chi connectivity index (χ1v) is 7.50. The van der Waals surface area contributed by atoms with Crippen molar-refractivity contribution in [2.45, 2.75) is 4.90 Å². The topological polar surface area (TPSA) is 51.2 Å². The minimum atomic E-state index is -3.92. The van der Waals surface area contributed by atoms with Crippen molar-refractivity contribution < 1.29 is 13.2 Å². The second kappa shape index (κ2) is 4.82. The van der Waals surface area contributed by atoms with E-state index in [9.17, 15) is 13.2 Å². The number of benzene rings is 1. The molecule has 0 atom stereocenters. The van der Waals surface area contributed by atoms with Gasteiger partial charge in [-0.05, 0) is 18.2 Å². The van der Waals surface area contributed by atoms with E-state index in [-0.39, 0.29) is 26.6 Å². The molecule has 15 heavy (non-hydrogen) atoms. The van der Waals surface area contributed by atoms with Crippen LogP contribution in [0.5, 0.6) is 0 Å². The molecule has 0 heterocycles. The van der Waals surface area contributed by atoms with Crippen LogP contribution >= 0.6 is 38.2 Å². The summed E-state index contributed by atoms with van der Waals surface area (Å²) in [5, 5.41) is 0.104. The minimum absolute atomic E-state index is 0.00359. The maximum atomic E-state index is 11.3. The van der Waals surface area contributed by atoms with Gasteiger partial charge in [0.05, 0.1) is 10.4 Å². The number of carbonyl (C=O) groups is 1. The monoisotopic (exact) mass is 330 g/mol. The van der Waals surface area contributed by atoms with E-state index in [0.717, 1.165) is 6.07 Å². The fourth-order valence-electron chi connectivity index (χ4n) is 0.941. The van der Waals surface area contributed by atoms with Gasteiger partial charge >= 0.3 is 0 Å². The standard InChI is InChI=1S/C8H5BrCl2O3S/c9-4-7(12)5-1-2-6(10)8(3-5)15(11,13)14/h1-3H,4H2. The Morgan fingerprint density at radius 1 is 1.40 bits per heavy atom. The molecule has 0 saturated heterocycles. The van der Waals surface area contributed by atoms with Crippen LogP contribution in [0.4, 0.5) is 0 Å². The third-order valence-corrected chi connectivity index (χ3v) is 3.95. The maximum absolute atomic E-state index is 11.3. The molecule has 0 fully saturated rings. The van der Waals surface area contributed by atoms with Gasteiger partial charge in [0.15, 0.2) is 5.78 Å². The van der Waals surface area contributed by atoms with Crippen LogP contribution in [0.25, 0.3) is 0 Å². The molecule has 0 aliphatic rings. The molecule has 1 rings (SSSR count). The van der Waals surface area contributed by atoms with Crippen molar-refractivity contribution >= 4 is 53.0 Å². The zero-order valence-corrected chi connectivity index (χ0v) is 11.1. The molecule has 82 valence electrons. The average Bonchev–Trinajstić information content (AvgIpc) is 2.15. The van der Waals surface area contributed by atoms with Crippen LogP contribution in [0.15, 0.2) is 23.1 Å². The van der Waals surface area contributed by atoms with Gasteiger partial charge in [-0.2, -0.15) is 0 Å². The van der Waals surface area contributed by atoms with Crippen LogP contribution in [0, 0.1) is 0 Å². The number of Topliss-reactive ketones (excluding diaryl/α,β-unsaturated/α-hetero) is 1. The summed E-state index contributed by atoms with van der Waals surface area (Å²) in [7, 11) is 1.22. The number of ketones is 1. The Hall–Kier alpha value is -0.100. The minimum Gasteiger partial charge on any atom is -0.293 e. The fourth-order valence-corrected chi connectivity index (χ4v) is 2.76. The van der Waals surface area contributed by atoms with Crippen molar-refractivity contribution in [3.05, 3.63) is 28.8 Å². The number of rotatable bonds is 3.